The van der Waals surface area contributed by atoms with Crippen molar-refractivity contribution in [3.05, 3.63) is 57.0 Å². The van der Waals surface area contributed by atoms with Crippen molar-refractivity contribution in [2.75, 3.05) is 0 Å². The number of nitrogens with zero attached hydrogens (tertiary/aromatic N) is 1. The van der Waals surface area contributed by atoms with Crippen molar-refractivity contribution in [1.29, 1.82) is 0 Å². The summed E-state index contributed by atoms with van der Waals surface area (Å²) in [7, 11) is 0. The molecule has 6 heteroatoms. The smallest absolute Gasteiger partial charge is 0.335 e. The Morgan fingerprint density at radius 1 is 1.27 bits per heavy atom. The summed E-state index contributed by atoms with van der Waals surface area (Å²) in [5.74, 6) is -1.17. The molecule has 0 unspecified atom stereocenters. The van der Waals surface area contributed by atoms with Crippen LogP contribution in [-0.4, -0.2) is 22.0 Å². The molecule has 0 saturated heterocycles. The molecule has 5 nitrogen and oxygen atoms in total. The van der Waals surface area contributed by atoms with Gasteiger partial charge in [-0.05, 0) is 37.6 Å². The lowest BCUT2D eigenvalue weighted by atomic mass is 10.1. The highest BCUT2D eigenvalue weighted by molar-refractivity contribution is 7.11. The number of thiazole rings is 1. The van der Waals surface area contributed by atoms with Crippen LogP contribution in [0, 0.1) is 13.8 Å². The number of aromatic carboxylic acids is 1. The fraction of sp³-hybridized carbons (Fsp3) is 0.188. The fourth-order valence-corrected chi connectivity index (χ4v) is 2.75. The van der Waals surface area contributed by atoms with Gasteiger partial charge in [0.25, 0.3) is 0 Å². The van der Waals surface area contributed by atoms with Gasteiger partial charge in [0, 0.05) is 11.0 Å². The zero-order valence-electron chi connectivity index (χ0n) is 12.3. The summed E-state index contributed by atoms with van der Waals surface area (Å²) in [5, 5.41) is 12.6. The van der Waals surface area contributed by atoms with Gasteiger partial charge in [-0.1, -0.05) is 12.1 Å². The highest BCUT2D eigenvalue weighted by atomic mass is 32.1. The third-order valence-corrected chi connectivity index (χ3v) is 4.08. The Balaban J connectivity index is 1.91. The zero-order valence-corrected chi connectivity index (χ0v) is 13.1. The Labute approximate surface area is 132 Å². The minimum absolute atomic E-state index is 0.201. The first kappa shape index (κ1) is 15.9. The molecular weight excluding hydrogens is 300 g/mol. The quantitative estimate of drug-likeness (QED) is 0.831. The molecule has 1 aromatic carbocycles. The summed E-state index contributed by atoms with van der Waals surface area (Å²) in [6.07, 6.45) is 3.07. The first-order valence-corrected chi connectivity index (χ1v) is 7.49. The first-order chi connectivity index (χ1) is 10.5. The highest BCUT2D eigenvalue weighted by Crippen LogP contribution is 2.16. The van der Waals surface area contributed by atoms with Gasteiger partial charge in [0.05, 0.1) is 22.8 Å². The van der Waals surface area contributed by atoms with E-state index in [4.69, 9.17) is 5.11 Å². The van der Waals surface area contributed by atoms with Crippen LogP contribution in [0.1, 0.15) is 31.5 Å². The van der Waals surface area contributed by atoms with Crippen molar-refractivity contribution in [2.24, 2.45) is 0 Å². The van der Waals surface area contributed by atoms with Crippen molar-refractivity contribution in [3.63, 3.8) is 0 Å². The van der Waals surface area contributed by atoms with Gasteiger partial charge >= 0.3 is 5.97 Å². The molecule has 0 bridgehead atoms. The summed E-state index contributed by atoms with van der Waals surface area (Å²) < 4.78 is 0. The van der Waals surface area contributed by atoms with Crippen molar-refractivity contribution in [2.45, 2.75) is 20.4 Å². The Morgan fingerprint density at radius 3 is 2.50 bits per heavy atom. The van der Waals surface area contributed by atoms with Gasteiger partial charge in [0.1, 0.15) is 0 Å². The van der Waals surface area contributed by atoms with Gasteiger partial charge in [0.15, 0.2) is 0 Å². The van der Waals surface area contributed by atoms with Gasteiger partial charge < -0.3 is 10.4 Å². The van der Waals surface area contributed by atoms with Gasteiger partial charge in [-0.2, -0.15) is 0 Å². The number of nitrogens with one attached hydrogen (secondary N) is 1. The van der Waals surface area contributed by atoms with E-state index in [1.54, 1.807) is 29.5 Å². The number of aromatic nitrogens is 1. The molecule has 22 heavy (non-hydrogen) atoms. The number of aryl methyl sites for hydroxylation is 2. The minimum Gasteiger partial charge on any atom is -0.478 e. The second-order valence-corrected chi connectivity index (χ2v) is 6.01. The Morgan fingerprint density at radius 2 is 1.95 bits per heavy atom. The van der Waals surface area contributed by atoms with E-state index in [-0.39, 0.29) is 11.5 Å². The molecule has 2 rings (SSSR count). The molecular formula is C16H16N2O3S. The van der Waals surface area contributed by atoms with Crippen LogP contribution < -0.4 is 5.32 Å². The van der Waals surface area contributed by atoms with Crippen molar-refractivity contribution in [3.8, 4) is 0 Å². The SMILES string of the molecule is Cc1nc(C)c(CNC(=O)/C=C/c2ccc(C(=O)O)cc2)s1. The Hall–Kier alpha value is -2.47. The largest absolute Gasteiger partial charge is 0.478 e. The average molecular weight is 316 g/mol. The van der Waals surface area contributed by atoms with E-state index >= 15 is 0 Å². The summed E-state index contributed by atoms with van der Waals surface area (Å²) in [5.41, 5.74) is 1.93. The molecule has 0 aliphatic carbocycles. The third kappa shape index (κ3) is 4.26. The number of rotatable bonds is 5. The maximum Gasteiger partial charge on any atom is 0.335 e. The van der Waals surface area contributed by atoms with Crippen molar-refractivity contribution < 1.29 is 14.7 Å². The number of carboxylic acids is 1. The van der Waals surface area contributed by atoms with Crippen molar-refractivity contribution in [1.82, 2.24) is 10.3 Å². The summed E-state index contributed by atoms with van der Waals surface area (Å²) in [6, 6.07) is 6.32. The van der Waals surface area contributed by atoms with E-state index in [0.29, 0.717) is 6.54 Å². The van der Waals surface area contributed by atoms with Crippen LogP contribution >= 0.6 is 11.3 Å². The van der Waals surface area contributed by atoms with Gasteiger partial charge in [-0.15, -0.1) is 11.3 Å². The van der Waals surface area contributed by atoms with Gasteiger partial charge in [-0.25, -0.2) is 9.78 Å². The molecule has 0 fully saturated rings. The molecule has 114 valence electrons. The minimum atomic E-state index is -0.969. The standard InChI is InChI=1S/C16H16N2O3S/c1-10-14(22-11(2)18-10)9-17-15(19)8-5-12-3-6-13(7-4-12)16(20)21/h3-8H,9H2,1-2H3,(H,17,19)(H,20,21)/b8-5+. The zero-order chi connectivity index (χ0) is 16.1. The second-order valence-electron chi connectivity index (χ2n) is 4.72. The first-order valence-electron chi connectivity index (χ1n) is 6.68. The molecule has 2 aromatic rings. The molecule has 0 aliphatic rings. The molecule has 2 N–H and O–H groups in total. The summed E-state index contributed by atoms with van der Waals surface area (Å²) in [6.45, 7) is 4.31. The van der Waals surface area contributed by atoms with E-state index < -0.39 is 5.97 Å². The number of hydrogen-bond acceptors (Lipinski definition) is 4. The number of benzene rings is 1. The molecule has 0 spiro atoms. The van der Waals surface area contributed by atoms with E-state index in [9.17, 15) is 9.59 Å². The van der Waals surface area contributed by atoms with Crippen LogP contribution in [0.25, 0.3) is 6.08 Å². The Kier molecular flexibility index (Phi) is 5.06. The molecule has 0 radical (unpaired) electrons. The van der Waals surface area contributed by atoms with Crippen LogP contribution in [0.5, 0.6) is 0 Å². The molecule has 0 aliphatic heterocycles. The molecule has 0 saturated carbocycles. The third-order valence-electron chi connectivity index (χ3n) is 3.01. The van der Waals surface area contributed by atoms with Gasteiger partial charge in [-0.3, -0.25) is 4.79 Å². The maximum atomic E-state index is 11.8. The molecule has 1 heterocycles. The fourth-order valence-electron chi connectivity index (χ4n) is 1.87. The predicted octanol–water partition coefficient (Wildman–Crippen LogP) is 2.79. The summed E-state index contributed by atoms with van der Waals surface area (Å²) in [4.78, 5) is 27.9. The van der Waals surface area contributed by atoms with Crippen molar-refractivity contribution >= 4 is 29.3 Å². The van der Waals surface area contributed by atoms with Crippen LogP contribution in [0.4, 0.5) is 0 Å². The molecule has 1 aromatic heterocycles. The van der Waals surface area contributed by atoms with E-state index in [1.807, 2.05) is 13.8 Å². The van der Waals surface area contributed by atoms with Crippen LogP contribution in [0.15, 0.2) is 30.3 Å². The predicted molar refractivity (Wildman–Crippen MR) is 85.9 cm³/mol. The van der Waals surface area contributed by atoms with Crippen LogP contribution in [0.3, 0.4) is 0 Å². The normalized spacial score (nSPS) is 10.8. The topological polar surface area (TPSA) is 79.3 Å². The monoisotopic (exact) mass is 316 g/mol. The van der Waals surface area contributed by atoms with E-state index in [1.165, 1.54) is 18.2 Å². The number of carbonyl (C=O) groups is 2. The average Bonchev–Trinajstić information content (AvgIpc) is 2.81. The van der Waals surface area contributed by atoms with Crippen LogP contribution in [0.2, 0.25) is 0 Å². The maximum absolute atomic E-state index is 11.8. The lowest BCUT2D eigenvalue weighted by Crippen LogP contribution is -2.20. The lowest BCUT2D eigenvalue weighted by Gasteiger charge is -2.00. The second kappa shape index (κ2) is 7.00. The van der Waals surface area contributed by atoms with Gasteiger partial charge in [0.2, 0.25) is 5.91 Å². The van der Waals surface area contributed by atoms with Crippen LogP contribution in [-0.2, 0) is 11.3 Å². The van der Waals surface area contributed by atoms with E-state index in [2.05, 4.69) is 10.3 Å². The number of hydrogen-bond donors (Lipinski definition) is 2. The van der Waals surface area contributed by atoms with E-state index in [0.717, 1.165) is 21.1 Å². The summed E-state index contributed by atoms with van der Waals surface area (Å²) >= 11 is 1.57. The lowest BCUT2D eigenvalue weighted by molar-refractivity contribution is -0.116. The molecule has 0 atom stereocenters. The number of carbonyl (C=O) groups excluding carboxylic acids is 1. The highest BCUT2D eigenvalue weighted by Gasteiger charge is 2.05. The number of carboxylic acid groups (broad SMARTS) is 1. The number of amides is 1. The molecule has 1 amide bonds. The Bertz CT molecular complexity index is 717.